The maximum absolute atomic E-state index is 12.1. The van der Waals surface area contributed by atoms with Gasteiger partial charge in [0.1, 0.15) is 0 Å². The van der Waals surface area contributed by atoms with Crippen molar-refractivity contribution in [1.82, 2.24) is 10.0 Å². The van der Waals surface area contributed by atoms with Crippen LogP contribution in [0.2, 0.25) is 0 Å². The molecule has 0 aliphatic heterocycles. The summed E-state index contributed by atoms with van der Waals surface area (Å²) < 4.78 is 26.9. The van der Waals surface area contributed by atoms with Crippen molar-refractivity contribution in [2.75, 3.05) is 19.8 Å². The third-order valence-corrected chi connectivity index (χ3v) is 5.89. The SMILES string of the molecule is CNC(C)c1ccc(S(=O)(=O)NCCC(C)SC)cc1. The molecule has 1 rings (SSSR count). The molecule has 0 amide bonds. The molecule has 0 bridgehead atoms. The number of rotatable bonds is 8. The summed E-state index contributed by atoms with van der Waals surface area (Å²) >= 11 is 1.74. The smallest absolute Gasteiger partial charge is 0.240 e. The van der Waals surface area contributed by atoms with Crippen molar-refractivity contribution in [3.63, 3.8) is 0 Å². The van der Waals surface area contributed by atoms with E-state index in [1.54, 1.807) is 23.9 Å². The van der Waals surface area contributed by atoms with Crippen molar-refractivity contribution in [2.24, 2.45) is 0 Å². The minimum Gasteiger partial charge on any atom is -0.313 e. The van der Waals surface area contributed by atoms with Crippen molar-refractivity contribution < 1.29 is 8.42 Å². The molecule has 114 valence electrons. The fourth-order valence-electron chi connectivity index (χ4n) is 1.70. The van der Waals surface area contributed by atoms with Gasteiger partial charge in [-0.15, -0.1) is 0 Å². The Morgan fingerprint density at radius 1 is 1.20 bits per heavy atom. The van der Waals surface area contributed by atoms with E-state index in [1.807, 2.05) is 32.4 Å². The van der Waals surface area contributed by atoms with Crippen molar-refractivity contribution in [3.8, 4) is 0 Å². The molecule has 4 nitrogen and oxygen atoms in total. The van der Waals surface area contributed by atoms with Crippen LogP contribution in [0.4, 0.5) is 0 Å². The minimum atomic E-state index is -3.39. The Balaban J connectivity index is 2.68. The molecule has 2 atom stereocenters. The third kappa shape index (κ3) is 5.09. The molecule has 0 fully saturated rings. The van der Waals surface area contributed by atoms with Gasteiger partial charge in [0.2, 0.25) is 10.0 Å². The van der Waals surface area contributed by atoms with Crippen LogP contribution in [0, 0.1) is 0 Å². The first-order chi connectivity index (χ1) is 9.40. The summed E-state index contributed by atoms with van der Waals surface area (Å²) in [4.78, 5) is 0.321. The van der Waals surface area contributed by atoms with Gasteiger partial charge < -0.3 is 5.32 Å². The van der Waals surface area contributed by atoms with Crippen LogP contribution in [0.1, 0.15) is 31.9 Å². The lowest BCUT2D eigenvalue weighted by Gasteiger charge is -2.12. The molecule has 0 aromatic heterocycles. The number of nitrogens with one attached hydrogen (secondary N) is 2. The van der Waals surface area contributed by atoms with Crippen molar-refractivity contribution in [2.45, 2.75) is 36.5 Å². The lowest BCUT2D eigenvalue weighted by atomic mass is 10.1. The Hall–Kier alpha value is -0.560. The molecule has 1 aromatic carbocycles. The predicted molar refractivity (Wildman–Crippen MR) is 86.7 cm³/mol. The van der Waals surface area contributed by atoms with E-state index in [0.717, 1.165) is 12.0 Å². The van der Waals surface area contributed by atoms with Crippen molar-refractivity contribution in [1.29, 1.82) is 0 Å². The summed E-state index contributed by atoms with van der Waals surface area (Å²) in [5.41, 5.74) is 1.07. The summed E-state index contributed by atoms with van der Waals surface area (Å²) in [5, 5.41) is 3.58. The van der Waals surface area contributed by atoms with Gasteiger partial charge in [0.05, 0.1) is 4.90 Å². The molecular formula is C14H24N2O2S2. The van der Waals surface area contributed by atoms with Crippen LogP contribution in [0.25, 0.3) is 0 Å². The molecule has 0 aliphatic rings. The van der Waals surface area contributed by atoms with E-state index >= 15 is 0 Å². The monoisotopic (exact) mass is 316 g/mol. The van der Waals surface area contributed by atoms with Gasteiger partial charge in [0.25, 0.3) is 0 Å². The summed E-state index contributed by atoms with van der Waals surface area (Å²) in [7, 11) is -1.51. The topological polar surface area (TPSA) is 58.2 Å². The average molecular weight is 316 g/mol. The van der Waals surface area contributed by atoms with Crippen LogP contribution in [-0.2, 0) is 10.0 Å². The van der Waals surface area contributed by atoms with Gasteiger partial charge in [0.15, 0.2) is 0 Å². The average Bonchev–Trinajstić information content (AvgIpc) is 2.46. The molecule has 0 saturated carbocycles. The summed E-state index contributed by atoms with van der Waals surface area (Å²) in [6.45, 7) is 4.59. The maximum atomic E-state index is 12.1. The van der Waals surface area contributed by atoms with E-state index in [2.05, 4.69) is 17.0 Å². The van der Waals surface area contributed by atoms with Crippen molar-refractivity contribution >= 4 is 21.8 Å². The van der Waals surface area contributed by atoms with Gasteiger partial charge in [-0.2, -0.15) is 11.8 Å². The number of thioether (sulfide) groups is 1. The second-order valence-electron chi connectivity index (χ2n) is 4.81. The lowest BCUT2D eigenvalue weighted by molar-refractivity contribution is 0.578. The maximum Gasteiger partial charge on any atom is 0.240 e. The molecular weight excluding hydrogens is 292 g/mol. The molecule has 0 spiro atoms. The van der Waals surface area contributed by atoms with Gasteiger partial charge in [-0.25, -0.2) is 13.1 Å². The highest BCUT2D eigenvalue weighted by Crippen LogP contribution is 2.16. The highest BCUT2D eigenvalue weighted by Gasteiger charge is 2.14. The van der Waals surface area contributed by atoms with E-state index in [-0.39, 0.29) is 6.04 Å². The van der Waals surface area contributed by atoms with Crippen LogP contribution < -0.4 is 10.0 Å². The van der Waals surface area contributed by atoms with Gasteiger partial charge in [0, 0.05) is 17.8 Å². The van der Waals surface area contributed by atoms with Crippen LogP contribution >= 0.6 is 11.8 Å². The molecule has 2 N–H and O–H groups in total. The minimum absolute atomic E-state index is 0.210. The molecule has 6 heteroatoms. The van der Waals surface area contributed by atoms with E-state index < -0.39 is 10.0 Å². The Bertz CT molecular complexity index is 500. The fourth-order valence-corrected chi connectivity index (χ4v) is 3.10. The summed E-state index contributed by atoms with van der Waals surface area (Å²) in [5.74, 6) is 0. The Morgan fingerprint density at radius 3 is 2.30 bits per heavy atom. The van der Waals surface area contributed by atoms with Crippen LogP contribution in [0.3, 0.4) is 0 Å². The quantitative estimate of drug-likeness (QED) is 0.773. The van der Waals surface area contributed by atoms with Crippen LogP contribution in [0.15, 0.2) is 29.2 Å². The van der Waals surface area contributed by atoms with Crippen LogP contribution in [-0.4, -0.2) is 33.5 Å². The molecule has 1 aromatic rings. The van der Waals surface area contributed by atoms with Crippen LogP contribution in [0.5, 0.6) is 0 Å². The van der Waals surface area contributed by atoms with Gasteiger partial charge >= 0.3 is 0 Å². The Kier molecular flexibility index (Phi) is 7.02. The Morgan fingerprint density at radius 2 is 1.80 bits per heavy atom. The molecule has 0 heterocycles. The second-order valence-corrected chi connectivity index (χ2v) is 7.86. The zero-order valence-electron chi connectivity index (χ0n) is 12.5. The van der Waals surface area contributed by atoms with Gasteiger partial charge in [-0.1, -0.05) is 19.1 Å². The molecule has 0 aliphatic carbocycles. The lowest BCUT2D eigenvalue weighted by Crippen LogP contribution is -2.26. The highest BCUT2D eigenvalue weighted by atomic mass is 32.2. The molecule has 20 heavy (non-hydrogen) atoms. The second kappa shape index (κ2) is 8.02. The summed E-state index contributed by atoms with van der Waals surface area (Å²) in [6.07, 6.45) is 2.86. The normalized spacial score (nSPS) is 15.0. The first-order valence-corrected chi connectivity index (χ1v) is 9.47. The first kappa shape index (κ1) is 17.5. The molecule has 2 unspecified atom stereocenters. The fraction of sp³-hybridized carbons (Fsp3) is 0.571. The zero-order chi connectivity index (χ0) is 15.2. The number of hydrogen-bond acceptors (Lipinski definition) is 4. The predicted octanol–water partition coefficient (Wildman–Crippen LogP) is 2.39. The van der Waals surface area contributed by atoms with Crippen molar-refractivity contribution in [3.05, 3.63) is 29.8 Å². The standard InChI is InChI=1S/C14H24N2O2S2/c1-11(19-4)9-10-16-20(17,18)14-7-5-13(6-8-14)12(2)15-3/h5-8,11-12,15-16H,9-10H2,1-4H3. The zero-order valence-corrected chi connectivity index (χ0v) is 14.1. The number of benzene rings is 1. The van der Waals surface area contributed by atoms with Gasteiger partial charge in [-0.05, 0) is 44.3 Å². The highest BCUT2D eigenvalue weighted by molar-refractivity contribution is 7.99. The first-order valence-electron chi connectivity index (χ1n) is 6.70. The third-order valence-electron chi connectivity index (χ3n) is 3.37. The van der Waals surface area contributed by atoms with Gasteiger partial charge in [-0.3, -0.25) is 0 Å². The summed E-state index contributed by atoms with van der Waals surface area (Å²) in [6, 6.07) is 7.22. The van der Waals surface area contributed by atoms with E-state index in [9.17, 15) is 8.42 Å². The number of hydrogen-bond donors (Lipinski definition) is 2. The van der Waals surface area contributed by atoms with E-state index in [1.165, 1.54) is 0 Å². The van der Waals surface area contributed by atoms with E-state index in [4.69, 9.17) is 0 Å². The molecule has 0 saturated heterocycles. The number of sulfonamides is 1. The van der Waals surface area contributed by atoms with E-state index in [0.29, 0.717) is 16.7 Å². The Labute approximate surface area is 126 Å². The largest absolute Gasteiger partial charge is 0.313 e. The molecule has 0 radical (unpaired) electrons.